The van der Waals surface area contributed by atoms with E-state index in [1.165, 1.54) is 14.0 Å². The number of hydrogen-bond donors (Lipinski definition) is 2. The predicted octanol–water partition coefficient (Wildman–Crippen LogP) is 4.51. The second kappa shape index (κ2) is 10.0. The van der Waals surface area contributed by atoms with Crippen molar-refractivity contribution >= 4 is 18.0 Å². The fourth-order valence-corrected chi connectivity index (χ4v) is 4.36. The van der Waals surface area contributed by atoms with Crippen molar-refractivity contribution in [2.45, 2.75) is 31.8 Å². The number of carboxylic acids is 1. The molecule has 0 radical (unpaired) electrons. The molecule has 4 rings (SSSR count). The Kier molecular flexibility index (Phi) is 6.87. The molecule has 2 N–H and O–H groups in total. The van der Waals surface area contributed by atoms with Gasteiger partial charge in [0, 0.05) is 13.0 Å². The smallest absolute Gasteiger partial charge is 0.408 e. The van der Waals surface area contributed by atoms with E-state index in [9.17, 15) is 19.5 Å². The van der Waals surface area contributed by atoms with Crippen molar-refractivity contribution in [3.05, 3.63) is 95.1 Å². The van der Waals surface area contributed by atoms with Gasteiger partial charge in [0.1, 0.15) is 18.7 Å². The van der Waals surface area contributed by atoms with Crippen molar-refractivity contribution in [3.8, 4) is 11.1 Å². The van der Waals surface area contributed by atoms with E-state index in [4.69, 9.17) is 4.74 Å². The summed E-state index contributed by atoms with van der Waals surface area (Å²) in [5.41, 5.74) is 5.94. The molecule has 0 bridgehead atoms. The highest BCUT2D eigenvalue weighted by molar-refractivity contribution is 5.90. The normalized spacial score (nSPS) is 13.8. The number of fused-ring (bicyclic) bond motifs is 3. The molecule has 0 aliphatic heterocycles. The van der Waals surface area contributed by atoms with Crippen LogP contribution in [0.2, 0.25) is 0 Å². The number of alkyl carbamates (subject to hydrolysis) is 1. The van der Waals surface area contributed by atoms with E-state index in [-0.39, 0.29) is 12.5 Å². The molecule has 35 heavy (non-hydrogen) atoms. The minimum Gasteiger partial charge on any atom is -0.480 e. The zero-order chi connectivity index (χ0) is 25.1. The number of carbonyl (C=O) groups excluding carboxylic acids is 2. The average molecular weight is 473 g/mol. The third-order valence-corrected chi connectivity index (χ3v) is 6.55. The zero-order valence-electron chi connectivity index (χ0n) is 19.9. The number of benzene rings is 3. The van der Waals surface area contributed by atoms with E-state index in [0.717, 1.165) is 32.7 Å². The number of nitrogens with zero attached hydrogens (tertiary/aromatic N) is 1. The highest BCUT2D eigenvalue weighted by atomic mass is 16.5. The molecular formula is C28H28N2O5. The Labute approximate surface area is 204 Å². The lowest BCUT2D eigenvalue weighted by atomic mass is 9.98. The molecule has 3 aromatic rings. The van der Waals surface area contributed by atoms with Gasteiger partial charge in [-0.15, -0.1) is 0 Å². The molecular weight excluding hydrogens is 444 g/mol. The maximum atomic E-state index is 13.2. The van der Waals surface area contributed by atoms with E-state index in [0.29, 0.717) is 5.56 Å². The number of hydrogen-bond acceptors (Lipinski definition) is 4. The molecule has 2 unspecified atom stereocenters. The number of carbonyl (C=O) groups is 3. The number of aliphatic carboxylic acids is 1. The monoisotopic (exact) mass is 472 g/mol. The molecule has 0 saturated heterocycles. The van der Waals surface area contributed by atoms with Gasteiger partial charge in [0.25, 0.3) is 0 Å². The van der Waals surface area contributed by atoms with Crippen molar-refractivity contribution in [1.29, 1.82) is 0 Å². The van der Waals surface area contributed by atoms with E-state index in [1.807, 2.05) is 55.5 Å². The number of likely N-dealkylation sites (N-methyl/N-ethyl adjacent to an activating group) is 1. The number of carboxylic acid groups (broad SMARTS) is 1. The minimum absolute atomic E-state index is 0.107. The quantitative estimate of drug-likeness (QED) is 0.528. The highest BCUT2D eigenvalue weighted by Crippen LogP contribution is 2.44. The third-order valence-electron chi connectivity index (χ3n) is 6.55. The number of rotatable bonds is 7. The van der Waals surface area contributed by atoms with Crippen LogP contribution in [-0.4, -0.2) is 47.7 Å². The van der Waals surface area contributed by atoms with Gasteiger partial charge in [-0.2, -0.15) is 0 Å². The fourth-order valence-electron chi connectivity index (χ4n) is 4.36. The Morgan fingerprint density at radius 3 is 2.03 bits per heavy atom. The molecule has 0 fully saturated rings. The summed E-state index contributed by atoms with van der Waals surface area (Å²) in [5.74, 6) is -1.79. The predicted molar refractivity (Wildman–Crippen MR) is 132 cm³/mol. The van der Waals surface area contributed by atoms with Crippen LogP contribution in [0.25, 0.3) is 11.1 Å². The second-order valence-corrected chi connectivity index (χ2v) is 8.78. The maximum absolute atomic E-state index is 13.2. The van der Waals surface area contributed by atoms with Gasteiger partial charge in [0.15, 0.2) is 0 Å². The molecule has 7 heteroatoms. The van der Waals surface area contributed by atoms with Gasteiger partial charge >= 0.3 is 12.1 Å². The van der Waals surface area contributed by atoms with Crippen LogP contribution in [-0.2, 0) is 14.3 Å². The van der Waals surface area contributed by atoms with Gasteiger partial charge in [-0.25, -0.2) is 9.59 Å². The van der Waals surface area contributed by atoms with Crippen LogP contribution in [0.15, 0.2) is 72.8 Å². The van der Waals surface area contributed by atoms with Gasteiger partial charge in [-0.1, -0.05) is 78.4 Å². The summed E-state index contributed by atoms with van der Waals surface area (Å²) >= 11 is 0. The summed E-state index contributed by atoms with van der Waals surface area (Å²) in [5, 5.41) is 12.0. The molecule has 2 atom stereocenters. The van der Waals surface area contributed by atoms with Crippen LogP contribution < -0.4 is 5.32 Å². The summed E-state index contributed by atoms with van der Waals surface area (Å²) in [6.07, 6.45) is -0.748. The molecule has 1 aliphatic carbocycles. The Hall–Kier alpha value is -4.13. The Morgan fingerprint density at radius 2 is 1.49 bits per heavy atom. The summed E-state index contributed by atoms with van der Waals surface area (Å²) in [7, 11) is 1.40. The third kappa shape index (κ3) is 4.89. The van der Waals surface area contributed by atoms with Gasteiger partial charge in [-0.05, 0) is 41.7 Å². The molecule has 0 heterocycles. The number of ether oxygens (including phenoxy) is 1. The second-order valence-electron chi connectivity index (χ2n) is 8.78. The Bertz CT molecular complexity index is 1210. The number of nitrogens with one attached hydrogen (secondary N) is 1. The largest absolute Gasteiger partial charge is 0.480 e. The molecule has 0 spiro atoms. The van der Waals surface area contributed by atoms with Crippen molar-refractivity contribution in [1.82, 2.24) is 10.2 Å². The van der Waals surface area contributed by atoms with Crippen LogP contribution >= 0.6 is 0 Å². The molecule has 0 saturated carbocycles. The van der Waals surface area contributed by atoms with Gasteiger partial charge in [-0.3, -0.25) is 4.79 Å². The SMILES string of the molecule is Cc1ccc(C(NC(=O)OCC2c3ccccc3-c3ccccc32)C(=O)N(C)C(C)C(=O)O)cc1. The fraction of sp³-hybridized carbons (Fsp3) is 0.250. The van der Waals surface area contributed by atoms with E-state index >= 15 is 0 Å². The lowest BCUT2D eigenvalue weighted by Gasteiger charge is -2.27. The lowest BCUT2D eigenvalue weighted by molar-refractivity contribution is -0.149. The summed E-state index contributed by atoms with van der Waals surface area (Å²) in [6, 6.07) is 21.1. The number of amides is 2. The van der Waals surface area contributed by atoms with E-state index < -0.39 is 30.1 Å². The maximum Gasteiger partial charge on any atom is 0.408 e. The van der Waals surface area contributed by atoms with E-state index in [2.05, 4.69) is 17.4 Å². The topological polar surface area (TPSA) is 95.9 Å². The van der Waals surface area contributed by atoms with Crippen LogP contribution in [0.4, 0.5) is 4.79 Å². The van der Waals surface area contributed by atoms with Crippen molar-refractivity contribution < 1.29 is 24.2 Å². The molecule has 3 aromatic carbocycles. The van der Waals surface area contributed by atoms with E-state index in [1.54, 1.807) is 12.1 Å². The van der Waals surface area contributed by atoms with Crippen molar-refractivity contribution in [3.63, 3.8) is 0 Å². The summed E-state index contributed by atoms with van der Waals surface area (Å²) in [4.78, 5) is 38.6. The van der Waals surface area contributed by atoms with Crippen molar-refractivity contribution in [2.24, 2.45) is 0 Å². The molecule has 0 aromatic heterocycles. The first-order valence-corrected chi connectivity index (χ1v) is 11.5. The first-order valence-electron chi connectivity index (χ1n) is 11.5. The molecule has 7 nitrogen and oxygen atoms in total. The molecule has 1 aliphatic rings. The Balaban J connectivity index is 1.52. The van der Waals surface area contributed by atoms with Crippen LogP contribution in [0.5, 0.6) is 0 Å². The summed E-state index contributed by atoms with van der Waals surface area (Å²) < 4.78 is 5.62. The first-order chi connectivity index (χ1) is 16.8. The van der Waals surface area contributed by atoms with Crippen LogP contribution in [0.1, 0.15) is 41.1 Å². The highest BCUT2D eigenvalue weighted by Gasteiger charge is 2.32. The van der Waals surface area contributed by atoms with Gasteiger partial charge in [0.05, 0.1) is 0 Å². The summed E-state index contributed by atoms with van der Waals surface area (Å²) in [6.45, 7) is 3.44. The van der Waals surface area contributed by atoms with Crippen molar-refractivity contribution in [2.75, 3.05) is 13.7 Å². The number of aryl methyl sites for hydroxylation is 1. The Morgan fingerprint density at radius 1 is 0.943 bits per heavy atom. The average Bonchev–Trinajstić information content (AvgIpc) is 3.19. The molecule has 2 amide bonds. The standard InChI is InChI=1S/C28H28N2O5/c1-17-12-14-19(15-13-17)25(26(31)30(3)18(2)27(32)33)29-28(34)35-16-24-22-10-6-4-8-20(22)21-9-5-7-11-23(21)24/h4-15,18,24-25H,16H2,1-3H3,(H,29,34)(H,32,33). The minimum atomic E-state index is -1.13. The van der Waals surface area contributed by atoms with Gasteiger partial charge < -0.3 is 20.1 Å². The van der Waals surface area contributed by atoms with Crippen LogP contribution in [0.3, 0.4) is 0 Å². The van der Waals surface area contributed by atoms with Crippen LogP contribution in [0, 0.1) is 6.92 Å². The lowest BCUT2D eigenvalue weighted by Crippen LogP contribution is -2.47. The first kappa shape index (κ1) is 24.0. The molecule has 180 valence electrons. The van der Waals surface area contributed by atoms with Gasteiger partial charge in [0.2, 0.25) is 5.91 Å². The zero-order valence-corrected chi connectivity index (χ0v) is 19.9.